The molecule has 1 aromatic carbocycles. The van der Waals surface area contributed by atoms with Crippen LogP contribution in [0.25, 0.3) is 0 Å². The predicted molar refractivity (Wildman–Crippen MR) is 137 cm³/mol. The zero-order valence-electron chi connectivity index (χ0n) is 22.4. The van der Waals surface area contributed by atoms with Crippen LogP contribution < -0.4 is 14.9 Å². The molecule has 0 radical (unpaired) electrons. The maximum absolute atomic E-state index is 12.9. The number of hydrogen-bond acceptors (Lipinski definition) is 6. The van der Waals surface area contributed by atoms with Crippen LogP contribution in [0.15, 0.2) is 35.9 Å². The van der Waals surface area contributed by atoms with E-state index in [1.54, 1.807) is 10.5 Å². The van der Waals surface area contributed by atoms with Crippen LogP contribution in [0.2, 0.25) is 0 Å². The van der Waals surface area contributed by atoms with Gasteiger partial charge in [-0.2, -0.15) is 0 Å². The van der Waals surface area contributed by atoms with Crippen LogP contribution in [0, 0.1) is 30.1 Å². The molecule has 2 aliphatic heterocycles. The second kappa shape index (κ2) is 10.9. The molecule has 0 bridgehead atoms. The first-order valence-corrected chi connectivity index (χ1v) is 13.5. The van der Waals surface area contributed by atoms with E-state index in [4.69, 9.17) is 24.5 Å². The van der Waals surface area contributed by atoms with E-state index in [9.17, 15) is 4.79 Å². The second-order valence-electron chi connectivity index (χ2n) is 11.7. The SMILES string of the molecule is Cc1cccc(N2CC[NH+](CC3C(=O)OC4CC5(C)CCCC(C)C5=CC43)CC2C)c1.O=C([O-])C(=O)O. The van der Waals surface area contributed by atoms with Gasteiger partial charge in [-0.05, 0) is 62.1 Å². The molecule has 8 nitrogen and oxygen atoms in total. The Morgan fingerprint density at radius 3 is 2.68 bits per heavy atom. The number of aryl methyl sites for hydroxylation is 1. The van der Waals surface area contributed by atoms with E-state index < -0.39 is 11.9 Å². The summed E-state index contributed by atoms with van der Waals surface area (Å²) in [6, 6.07) is 9.31. The molecule has 2 saturated heterocycles. The second-order valence-corrected chi connectivity index (χ2v) is 11.7. The van der Waals surface area contributed by atoms with Gasteiger partial charge in [0.25, 0.3) is 0 Å². The fraction of sp³-hybridized carbons (Fsp3) is 0.621. The molecule has 37 heavy (non-hydrogen) atoms. The third kappa shape index (κ3) is 5.84. The number of rotatable bonds is 3. The fourth-order valence-corrected chi connectivity index (χ4v) is 7.10. The Morgan fingerprint density at radius 2 is 2.03 bits per heavy atom. The summed E-state index contributed by atoms with van der Waals surface area (Å²) in [6.45, 7) is 13.4. The number of allylic oxidation sites excluding steroid dienone is 1. The minimum Gasteiger partial charge on any atom is -0.539 e. The maximum atomic E-state index is 12.9. The number of fused-ring (bicyclic) bond motifs is 2. The number of quaternary nitrogens is 1. The number of esters is 1. The van der Waals surface area contributed by atoms with Crippen molar-refractivity contribution in [3.8, 4) is 0 Å². The standard InChI is InChI=1S/C27H38N2O2.C2H2O4/c1-18-7-5-9-21(13-18)29-12-11-28(16-20(29)3)17-23-22-14-24-19(2)8-6-10-27(24,4)15-25(22)31-26(23)30;3-1(4)2(5)6/h5,7,9,13-14,19-20,22-23,25H,6,8,10-12,15-17H2,1-4H3;(H,3,4)(H,5,6). The van der Waals surface area contributed by atoms with Crippen molar-refractivity contribution in [2.24, 2.45) is 23.2 Å². The predicted octanol–water partition coefficient (Wildman–Crippen LogP) is 1.22. The summed E-state index contributed by atoms with van der Waals surface area (Å²) in [5, 5.41) is 16.3. The fourth-order valence-electron chi connectivity index (χ4n) is 7.10. The number of aliphatic carboxylic acids is 2. The molecule has 2 N–H and O–H groups in total. The molecular formula is C29H40N2O6. The van der Waals surface area contributed by atoms with Crippen molar-refractivity contribution in [1.82, 2.24) is 0 Å². The van der Waals surface area contributed by atoms with Gasteiger partial charge in [0.05, 0.1) is 32.2 Å². The number of carboxylic acids is 2. The molecule has 7 atom stereocenters. The lowest BCUT2D eigenvalue weighted by atomic mass is 9.59. The number of nitrogens with zero attached hydrogens (tertiary/aromatic N) is 1. The number of nitrogens with one attached hydrogen (secondary N) is 1. The molecule has 0 aromatic heterocycles. The minimum atomic E-state index is -2.07. The molecule has 2 heterocycles. The van der Waals surface area contributed by atoms with Crippen LogP contribution in [0.4, 0.5) is 5.69 Å². The monoisotopic (exact) mass is 512 g/mol. The summed E-state index contributed by atoms with van der Waals surface area (Å²) >= 11 is 0. The van der Waals surface area contributed by atoms with Gasteiger partial charge in [0.2, 0.25) is 0 Å². The molecule has 7 unspecified atom stereocenters. The first kappa shape index (κ1) is 27.2. The van der Waals surface area contributed by atoms with Gasteiger partial charge in [0.15, 0.2) is 5.97 Å². The third-order valence-electron chi connectivity index (χ3n) is 8.92. The lowest BCUT2D eigenvalue weighted by Gasteiger charge is -2.46. The van der Waals surface area contributed by atoms with Crippen LogP contribution in [-0.2, 0) is 19.1 Å². The molecule has 1 saturated carbocycles. The number of hydrogen-bond donors (Lipinski definition) is 2. The average molecular weight is 513 g/mol. The molecule has 1 aromatic rings. The highest BCUT2D eigenvalue weighted by atomic mass is 16.6. The molecule has 8 heteroatoms. The van der Waals surface area contributed by atoms with Crippen molar-refractivity contribution >= 4 is 23.6 Å². The lowest BCUT2D eigenvalue weighted by molar-refractivity contribution is -0.905. The van der Waals surface area contributed by atoms with Crippen LogP contribution in [-0.4, -0.2) is 61.3 Å². The molecular weight excluding hydrogens is 472 g/mol. The summed E-state index contributed by atoms with van der Waals surface area (Å²) in [6.07, 6.45) is 7.47. The first-order chi connectivity index (χ1) is 17.5. The van der Waals surface area contributed by atoms with Gasteiger partial charge in [0, 0.05) is 11.6 Å². The Bertz CT molecular complexity index is 1060. The van der Waals surface area contributed by atoms with Gasteiger partial charge in [-0.25, -0.2) is 4.79 Å². The number of anilines is 1. The van der Waals surface area contributed by atoms with Gasteiger partial charge in [-0.15, -0.1) is 0 Å². The highest BCUT2D eigenvalue weighted by molar-refractivity contribution is 6.26. The van der Waals surface area contributed by atoms with E-state index >= 15 is 0 Å². The van der Waals surface area contributed by atoms with Crippen molar-refractivity contribution < 1.29 is 34.2 Å². The average Bonchev–Trinajstić information content (AvgIpc) is 3.11. The number of benzene rings is 1. The van der Waals surface area contributed by atoms with E-state index in [1.807, 2.05) is 0 Å². The molecule has 0 spiro atoms. The Hall–Kier alpha value is -2.87. The summed E-state index contributed by atoms with van der Waals surface area (Å²) in [7, 11) is 0. The van der Waals surface area contributed by atoms with Gasteiger partial charge in [0.1, 0.15) is 12.0 Å². The quantitative estimate of drug-likeness (QED) is 0.356. The highest BCUT2D eigenvalue weighted by Gasteiger charge is 2.53. The number of carbonyl (C=O) groups excluding carboxylic acids is 2. The number of piperazine rings is 1. The van der Waals surface area contributed by atoms with E-state index in [2.05, 4.69) is 62.9 Å². The van der Waals surface area contributed by atoms with Crippen molar-refractivity contribution in [3.63, 3.8) is 0 Å². The molecule has 2 aliphatic carbocycles. The summed E-state index contributed by atoms with van der Waals surface area (Å²) in [5.41, 5.74) is 4.51. The van der Waals surface area contributed by atoms with Gasteiger partial charge >= 0.3 is 11.9 Å². The first-order valence-electron chi connectivity index (χ1n) is 13.5. The van der Waals surface area contributed by atoms with Gasteiger partial charge < -0.3 is 29.5 Å². The Balaban J connectivity index is 0.000000480. The Labute approximate surface area is 219 Å². The zero-order chi connectivity index (χ0) is 26.9. The molecule has 4 aliphatic rings. The van der Waals surface area contributed by atoms with E-state index in [0.29, 0.717) is 12.0 Å². The van der Waals surface area contributed by atoms with Crippen LogP contribution in [0.1, 0.15) is 52.0 Å². The maximum Gasteiger partial charge on any atom is 0.351 e. The largest absolute Gasteiger partial charge is 0.539 e. The smallest absolute Gasteiger partial charge is 0.351 e. The summed E-state index contributed by atoms with van der Waals surface area (Å²) < 4.78 is 5.99. The van der Waals surface area contributed by atoms with Gasteiger partial charge in [-0.3, -0.25) is 4.79 Å². The van der Waals surface area contributed by atoms with Crippen molar-refractivity contribution in [1.29, 1.82) is 0 Å². The summed E-state index contributed by atoms with van der Waals surface area (Å²) in [4.78, 5) is 35.1. The third-order valence-corrected chi connectivity index (χ3v) is 8.92. The topological polar surface area (TPSA) is 111 Å². The Morgan fingerprint density at radius 1 is 1.30 bits per heavy atom. The van der Waals surface area contributed by atoms with Crippen LogP contribution in [0.5, 0.6) is 0 Å². The lowest BCUT2D eigenvalue weighted by Crippen LogP contribution is -3.16. The van der Waals surface area contributed by atoms with Crippen molar-refractivity contribution in [2.45, 2.75) is 65.5 Å². The summed E-state index contributed by atoms with van der Waals surface area (Å²) in [5.74, 6) is -2.98. The van der Waals surface area contributed by atoms with Crippen LogP contribution >= 0.6 is 0 Å². The van der Waals surface area contributed by atoms with Crippen molar-refractivity contribution in [3.05, 3.63) is 41.5 Å². The molecule has 5 rings (SSSR count). The van der Waals surface area contributed by atoms with E-state index in [-0.39, 0.29) is 29.3 Å². The number of carboxylic acid groups (broad SMARTS) is 2. The zero-order valence-corrected chi connectivity index (χ0v) is 22.4. The Kier molecular flexibility index (Phi) is 7.97. The minimum absolute atomic E-state index is 0.0314. The number of ether oxygens (including phenoxy) is 1. The van der Waals surface area contributed by atoms with E-state index in [1.165, 1.54) is 30.5 Å². The van der Waals surface area contributed by atoms with Crippen molar-refractivity contribution in [2.75, 3.05) is 31.1 Å². The van der Waals surface area contributed by atoms with Crippen LogP contribution in [0.3, 0.4) is 0 Å². The molecule has 0 amide bonds. The highest BCUT2D eigenvalue weighted by Crippen LogP contribution is 2.53. The number of carbonyl (C=O) groups is 3. The van der Waals surface area contributed by atoms with Gasteiger partial charge in [-0.1, -0.05) is 44.1 Å². The molecule has 3 fully saturated rings. The van der Waals surface area contributed by atoms with E-state index in [0.717, 1.165) is 32.6 Å². The molecule has 202 valence electrons. The normalized spacial score (nSPS) is 34.8.